The lowest BCUT2D eigenvalue weighted by atomic mass is 10.2. The zero-order chi connectivity index (χ0) is 13.0. The summed E-state index contributed by atoms with van der Waals surface area (Å²) in [5.41, 5.74) is 7.32. The summed E-state index contributed by atoms with van der Waals surface area (Å²) in [6.07, 6.45) is 0.940. The third kappa shape index (κ3) is 2.58. The highest BCUT2D eigenvalue weighted by molar-refractivity contribution is 5.51. The zero-order valence-electron chi connectivity index (χ0n) is 10.1. The molecule has 0 unspecified atom stereocenters. The number of hydrogen-bond donors (Lipinski definition) is 1. The van der Waals surface area contributed by atoms with E-state index in [0.29, 0.717) is 17.3 Å². The smallest absolute Gasteiger partial charge is 0.220 e. The summed E-state index contributed by atoms with van der Waals surface area (Å²) in [5, 5.41) is 8.84. The molecule has 0 aliphatic carbocycles. The molecule has 0 fully saturated rings. The van der Waals surface area contributed by atoms with E-state index in [1.165, 1.54) is 5.56 Å². The van der Waals surface area contributed by atoms with Crippen molar-refractivity contribution in [2.24, 2.45) is 0 Å². The number of ether oxygens (including phenoxy) is 1. The van der Waals surface area contributed by atoms with Crippen LogP contribution in [0, 0.1) is 11.3 Å². The van der Waals surface area contributed by atoms with E-state index in [2.05, 4.69) is 11.9 Å². The first-order chi connectivity index (χ1) is 8.72. The number of nitrogens with zero attached hydrogens (tertiary/aromatic N) is 2. The molecule has 2 N–H and O–H groups in total. The van der Waals surface area contributed by atoms with Gasteiger partial charge >= 0.3 is 0 Å². The van der Waals surface area contributed by atoms with Gasteiger partial charge in [-0.1, -0.05) is 19.1 Å². The fourth-order valence-corrected chi connectivity index (χ4v) is 1.55. The number of anilines is 1. The van der Waals surface area contributed by atoms with Gasteiger partial charge < -0.3 is 10.5 Å². The first-order valence-corrected chi connectivity index (χ1v) is 5.66. The van der Waals surface area contributed by atoms with Crippen LogP contribution in [0.1, 0.15) is 18.2 Å². The van der Waals surface area contributed by atoms with Gasteiger partial charge in [0.1, 0.15) is 11.8 Å². The number of rotatable bonds is 3. The summed E-state index contributed by atoms with van der Waals surface area (Å²) in [6.45, 7) is 2.08. The molecule has 1 aromatic carbocycles. The molecular formula is C14H13N3O. The van der Waals surface area contributed by atoms with E-state index in [-0.39, 0.29) is 5.69 Å². The Balaban J connectivity index is 2.26. The van der Waals surface area contributed by atoms with Crippen molar-refractivity contribution in [1.82, 2.24) is 4.98 Å². The van der Waals surface area contributed by atoms with E-state index in [0.717, 1.165) is 6.42 Å². The topological polar surface area (TPSA) is 71.9 Å². The molecule has 0 saturated heterocycles. The van der Waals surface area contributed by atoms with E-state index in [1.54, 1.807) is 12.1 Å². The van der Waals surface area contributed by atoms with Crippen molar-refractivity contribution in [3.8, 4) is 17.7 Å². The first kappa shape index (κ1) is 11.9. The molecular weight excluding hydrogens is 226 g/mol. The van der Waals surface area contributed by atoms with Crippen LogP contribution in [-0.4, -0.2) is 4.98 Å². The van der Waals surface area contributed by atoms with Gasteiger partial charge in [0.25, 0.3) is 0 Å². The lowest BCUT2D eigenvalue weighted by molar-refractivity contribution is 0.462. The summed E-state index contributed by atoms with van der Waals surface area (Å²) in [6, 6.07) is 12.9. The predicted octanol–water partition coefficient (Wildman–Crippen LogP) is 2.89. The maximum Gasteiger partial charge on any atom is 0.220 e. The molecule has 1 aromatic heterocycles. The Morgan fingerprint density at radius 1 is 1.33 bits per heavy atom. The summed E-state index contributed by atoms with van der Waals surface area (Å²) in [4.78, 5) is 4.03. The monoisotopic (exact) mass is 239 g/mol. The second-order valence-corrected chi connectivity index (χ2v) is 3.80. The number of aromatic nitrogens is 1. The highest BCUT2D eigenvalue weighted by atomic mass is 16.5. The summed E-state index contributed by atoms with van der Waals surface area (Å²) < 4.78 is 5.60. The molecule has 4 heteroatoms. The fraction of sp³-hybridized carbons (Fsp3) is 0.143. The lowest BCUT2D eigenvalue weighted by Gasteiger charge is -2.06. The molecule has 0 saturated carbocycles. The third-order valence-electron chi connectivity index (χ3n) is 2.54. The van der Waals surface area contributed by atoms with Crippen molar-refractivity contribution in [3.05, 3.63) is 47.7 Å². The van der Waals surface area contributed by atoms with Crippen molar-refractivity contribution in [2.75, 3.05) is 5.73 Å². The molecule has 90 valence electrons. The number of benzene rings is 1. The van der Waals surface area contributed by atoms with Gasteiger partial charge in [-0.25, -0.2) is 4.98 Å². The van der Waals surface area contributed by atoms with Crippen molar-refractivity contribution in [1.29, 1.82) is 5.26 Å². The summed E-state index contributed by atoms with van der Waals surface area (Å²) in [5.74, 6) is 1.07. The molecule has 18 heavy (non-hydrogen) atoms. The van der Waals surface area contributed by atoms with Gasteiger partial charge in [-0.2, -0.15) is 5.26 Å². The molecule has 4 nitrogen and oxygen atoms in total. The Hall–Kier alpha value is -2.54. The maximum atomic E-state index is 8.84. The molecule has 0 atom stereocenters. The molecule has 2 aromatic rings. The average Bonchev–Trinajstić information content (AvgIpc) is 2.41. The van der Waals surface area contributed by atoms with Crippen LogP contribution >= 0.6 is 0 Å². The van der Waals surface area contributed by atoms with Crippen molar-refractivity contribution < 1.29 is 4.74 Å². The predicted molar refractivity (Wildman–Crippen MR) is 69.3 cm³/mol. The van der Waals surface area contributed by atoms with Crippen LogP contribution in [0.25, 0.3) is 0 Å². The molecule has 2 rings (SSSR count). The highest BCUT2D eigenvalue weighted by Crippen LogP contribution is 2.22. The summed E-state index contributed by atoms with van der Waals surface area (Å²) in [7, 11) is 0. The third-order valence-corrected chi connectivity index (χ3v) is 2.54. The molecule has 1 heterocycles. The van der Waals surface area contributed by atoms with Gasteiger partial charge in [-0.05, 0) is 30.2 Å². The average molecular weight is 239 g/mol. The zero-order valence-corrected chi connectivity index (χ0v) is 10.1. The number of nitrogen functional groups attached to an aromatic ring is 1. The van der Waals surface area contributed by atoms with Gasteiger partial charge in [0.2, 0.25) is 5.88 Å². The number of pyridine rings is 1. The largest absolute Gasteiger partial charge is 0.439 e. The Morgan fingerprint density at radius 3 is 2.89 bits per heavy atom. The second kappa shape index (κ2) is 5.19. The van der Waals surface area contributed by atoms with E-state index in [1.807, 2.05) is 30.3 Å². The number of nitrogens with two attached hydrogens (primary N) is 1. The van der Waals surface area contributed by atoms with E-state index >= 15 is 0 Å². The maximum absolute atomic E-state index is 8.84. The Labute approximate surface area is 106 Å². The van der Waals surface area contributed by atoms with Gasteiger partial charge in [-0.15, -0.1) is 0 Å². The van der Waals surface area contributed by atoms with Crippen LogP contribution in [0.5, 0.6) is 11.6 Å². The quantitative estimate of drug-likeness (QED) is 0.893. The Kier molecular flexibility index (Phi) is 3.44. The van der Waals surface area contributed by atoms with E-state index < -0.39 is 0 Å². The molecule has 0 radical (unpaired) electrons. The van der Waals surface area contributed by atoms with E-state index in [4.69, 9.17) is 15.7 Å². The van der Waals surface area contributed by atoms with Gasteiger partial charge in [0.05, 0.1) is 5.69 Å². The molecule has 0 aliphatic rings. The SMILES string of the molecule is CCc1cccc(Oc2ccc(N)c(C#N)n2)c1. The molecule has 0 amide bonds. The van der Waals surface area contributed by atoms with Crippen LogP contribution in [0.3, 0.4) is 0 Å². The normalized spacial score (nSPS) is 9.78. The lowest BCUT2D eigenvalue weighted by Crippen LogP contribution is -1.96. The van der Waals surface area contributed by atoms with Gasteiger partial charge in [0, 0.05) is 6.07 Å². The van der Waals surface area contributed by atoms with Gasteiger partial charge in [0.15, 0.2) is 5.69 Å². The van der Waals surface area contributed by atoms with Crippen molar-refractivity contribution in [2.45, 2.75) is 13.3 Å². The Morgan fingerprint density at radius 2 is 2.17 bits per heavy atom. The van der Waals surface area contributed by atoms with Crippen LogP contribution in [-0.2, 0) is 6.42 Å². The fourth-order valence-electron chi connectivity index (χ4n) is 1.55. The Bertz CT molecular complexity index is 602. The minimum atomic E-state index is 0.180. The van der Waals surface area contributed by atoms with Crippen LogP contribution < -0.4 is 10.5 Å². The second-order valence-electron chi connectivity index (χ2n) is 3.80. The van der Waals surface area contributed by atoms with Crippen molar-refractivity contribution >= 4 is 5.69 Å². The van der Waals surface area contributed by atoms with Crippen LogP contribution in [0.15, 0.2) is 36.4 Å². The van der Waals surface area contributed by atoms with Crippen LogP contribution in [0.2, 0.25) is 0 Å². The van der Waals surface area contributed by atoms with Gasteiger partial charge in [-0.3, -0.25) is 0 Å². The molecule has 0 spiro atoms. The molecule has 0 bridgehead atoms. The molecule has 0 aliphatic heterocycles. The first-order valence-electron chi connectivity index (χ1n) is 5.66. The standard InChI is InChI=1S/C14H13N3O/c1-2-10-4-3-5-11(8-10)18-14-7-6-12(16)13(9-15)17-14/h3-8H,2,16H2,1H3. The minimum Gasteiger partial charge on any atom is -0.439 e. The van der Waals surface area contributed by atoms with Crippen LogP contribution in [0.4, 0.5) is 5.69 Å². The number of nitriles is 1. The van der Waals surface area contributed by atoms with E-state index in [9.17, 15) is 0 Å². The number of hydrogen-bond acceptors (Lipinski definition) is 4. The highest BCUT2D eigenvalue weighted by Gasteiger charge is 2.04. The summed E-state index contributed by atoms with van der Waals surface area (Å²) >= 11 is 0. The minimum absolute atomic E-state index is 0.180. The van der Waals surface area contributed by atoms with Crippen molar-refractivity contribution in [3.63, 3.8) is 0 Å². The number of aryl methyl sites for hydroxylation is 1.